The standard InChI is InChI=1S/C18H19NO3/c20-17(19-16(18(21)22)10-12-5-6-12)11-13-7-8-14-3-1-2-4-15(14)9-13/h1-4,7-9,12,16H,5-6,10-11H2,(H,19,20)(H,21,22)/t16-/m0/s1. The molecular weight excluding hydrogens is 278 g/mol. The summed E-state index contributed by atoms with van der Waals surface area (Å²) in [5.41, 5.74) is 0.895. The van der Waals surface area contributed by atoms with Crippen LogP contribution in [0.5, 0.6) is 0 Å². The number of hydrogen-bond donors (Lipinski definition) is 2. The maximum absolute atomic E-state index is 12.1. The van der Waals surface area contributed by atoms with Gasteiger partial charge >= 0.3 is 5.97 Å². The highest BCUT2D eigenvalue weighted by atomic mass is 16.4. The second-order valence-corrected chi connectivity index (χ2v) is 6.00. The zero-order chi connectivity index (χ0) is 15.5. The molecule has 4 heteroatoms. The molecule has 1 amide bonds. The average Bonchev–Trinajstić information content (AvgIpc) is 3.30. The Morgan fingerprint density at radius 3 is 2.55 bits per heavy atom. The van der Waals surface area contributed by atoms with E-state index < -0.39 is 12.0 Å². The van der Waals surface area contributed by atoms with Crippen molar-refractivity contribution in [1.82, 2.24) is 5.32 Å². The van der Waals surface area contributed by atoms with E-state index in [9.17, 15) is 14.7 Å². The number of rotatable bonds is 6. The van der Waals surface area contributed by atoms with Crippen molar-refractivity contribution >= 4 is 22.6 Å². The first kappa shape index (κ1) is 14.6. The molecule has 1 aliphatic rings. The number of carbonyl (C=O) groups excluding carboxylic acids is 1. The second-order valence-electron chi connectivity index (χ2n) is 6.00. The van der Waals surface area contributed by atoms with Crippen LogP contribution in [-0.2, 0) is 16.0 Å². The van der Waals surface area contributed by atoms with Crippen LogP contribution in [0.2, 0.25) is 0 Å². The van der Waals surface area contributed by atoms with Gasteiger partial charge in [-0.05, 0) is 28.7 Å². The fraction of sp³-hybridized carbons (Fsp3) is 0.333. The van der Waals surface area contributed by atoms with Gasteiger partial charge in [0.25, 0.3) is 0 Å². The molecule has 0 aliphatic heterocycles. The van der Waals surface area contributed by atoms with Gasteiger partial charge in [0.05, 0.1) is 6.42 Å². The van der Waals surface area contributed by atoms with E-state index >= 15 is 0 Å². The molecule has 0 aromatic heterocycles. The minimum absolute atomic E-state index is 0.208. The monoisotopic (exact) mass is 297 g/mol. The Balaban J connectivity index is 1.65. The highest BCUT2D eigenvalue weighted by Crippen LogP contribution is 2.33. The van der Waals surface area contributed by atoms with Gasteiger partial charge in [0, 0.05) is 0 Å². The maximum Gasteiger partial charge on any atom is 0.326 e. The van der Waals surface area contributed by atoms with Gasteiger partial charge in [-0.25, -0.2) is 4.79 Å². The lowest BCUT2D eigenvalue weighted by atomic mass is 10.0. The third kappa shape index (κ3) is 3.64. The molecule has 2 aromatic rings. The largest absolute Gasteiger partial charge is 0.480 e. The predicted molar refractivity (Wildman–Crippen MR) is 84.6 cm³/mol. The number of aliphatic carboxylic acids is 1. The van der Waals surface area contributed by atoms with E-state index in [4.69, 9.17) is 0 Å². The first-order valence-corrected chi connectivity index (χ1v) is 7.61. The van der Waals surface area contributed by atoms with Crippen LogP contribution in [0.25, 0.3) is 10.8 Å². The zero-order valence-corrected chi connectivity index (χ0v) is 12.3. The van der Waals surface area contributed by atoms with E-state index in [2.05, 4.69) is 5.32 Å². The molecule has 2 aromatic carbocycles. The lowest BCUT2D eigenvalue weighted by Crippen LogP contribution is -2.41. The number of benzene rings is 2. The van der Waals surface area contributed by atoms with Gasteiger partial charge in [-0.15, -0.1) is 0 Å². The van der Waals surface area contributed by atoms with Gasteiger partial charge < -0.3 is 10.4 Å². The van der Waals surface area contributed by atoms with Gasteiger partial charge in [0.15, 0.2) is 0 Å². The van der Waals surface area contributed by atoms with E-state index in [1.165, 1.54) is 0 Å². The molecule has 3 rings (SSSR count). The van der Waals surface area contributed by atoms with Crippen molar-refractivity contribution in [2.45, 2.75) is 31.7 Å². The molecule has 1 atom stereocenters. The van der Waals surface area contributed by atoms with Gasteiger partial charge in [-0.3, -0.25) is 4.79 Å². The molecule has 0 bridgehead atoms. The Morgan fingerprint density at radius 2 is 1.86 bits per heavy atom. The van der Waals surface area contributed by atoms with Gasteiger partial charge in [-0.2, -0.15) is 0 Å². The smallest absolute Gasteiger partial charge is 0.326 e. The minimum atomic E-state index is -0.946. The lowest BCUT2D eigenvalue weighted by molar-refractivity contribution is -0.142. The molecule has 0 heterocycles. The van der Waals surface area contributed by atoms with Crippen LogP contribution >= 0.6 is 0 Å². The van der Waals surface area contributed by atoms with Crippen molar-refractivity contribution in [3.8, 4) is 0 Å². The average molecular weight is 297 g/mol. The summed E-state index contributed by atoms with van der Waals surface area (Å²) in [5.74, 6) is -0.718. The van der Waals surface area contributed by atoms with Crippen LogP contribution in [0, 0.1) is 5.92 Å². The summed E-state index contributed by atoms with van der Waals surface area (Å²) in [4.78, 5) is 23.3. The Kier molecular flexibility index (Phi) is 4.09. The van der Waals surface area contributed by atoms with E-state index in [0.717, 1.165) is 29.2 Å². The molecule has 0 radical (unpaired) electrons. The highest BCUT2D eigenvalue weighted by Gasteiger charge is 2.30. The van der Waals surface area contributed by atoms with Gasteiger partial charge in [-0.1, -0.05) is 55.3 Å². The van der Waals surface area contributed by atoms with E-state index in [0.29, 0.717) is 12.3 Å². The van der Waals surface area contributed by atoms with Crippen molar-refractivity contribution in [1.29, 1.82) is 0 Å². The van der Waals surface area contributed by atoms with Crippen molar-refractivity contribution in [2.24, 2.45) is 5.92 Å². The Bertz CT molecular complexity index is 706. The van der Waals surface area contributed by atoms with Crippen LogP contribution in [0.15, 0.2) is 42.5 Å². The maximum atomic E-state index is 12.1. The lowest BCUT2D eigenvalue weighted by Gasteiger charge is -2.14. The first-order chi connectivity index (χ1) is 10.6. The number of carbonyl (C=O) groups is 2. The van der Waals surface area contributed by atoms with Crippen molar-refractivity contribution in [3.63, 3.8) is 0 Å². The normalized spacial score (nSPS) is 15.5. The number of amides is 1. The van der Waals surface area contributed by atoms with Crippen LogP contribution in [0.1, 0.15) is 24.8 Å². The fourth-order valence-corrected chi connectivity index (χ4v) is 2.69. The Labute approximate surface area is 129 Å². The Hall–Kier alpha value is -2.36. The molecule has 1 fully saturated rings. The SMILES string of the molecule is O=C(Cc1ccc2ccccc2c1)N[C@@H](CC1CC1)C(=O)O. The van der Waals surface area contributed by atoms with Crippen LogP contribution in [0.4, 0.5) is 0 Å². The van der Waals surface area contributed by atoms with Crippen molar-refractivity contribution < 1.29 is 14.7 Å². The molecule has 0 spiro atoms. The number of fused-ring (bicyclic) bond motifs is 1. The summed E-state index contributed by atoms with van der Waals surface area (Å²) in [5, 5.41) is 14.0. The molecule has 1 saturated carbocycles. The summed E-state index contributed by atoms with van der Waals surface area (Å²) >= 11 is 0. The second kappa shape index (κ2) is 6.18. The number of hydrogen-bond acceptors (Lipinski definition) is 2. The van der Waals surface area contributed by atoms with Crippen molar-refractivity contribution in [3.05, 3.63) is 48.0 Å². The molecule has 22 heavy (non-hydrogen) atoms. The summed E-state index contributed by atoms with van der Waals surface area (Å²) in [6.45, 7) is 0. The molecule has 1 aliphatic carbocycles. The fourth-order valence-electron chi connectivity index (χ4n) is 2.69. The van der Waals surface area contributed by atoms with Gasteiger partial charge in [0.2, 0.25) is 5.91 Å². The summed E-state index contributed by atoms with van der Waals surface area (Å²) in [7, 11) is 0. The van der Waals surface area contributed by atoms with Crippen LogP contribution in [0.3, 0.4) is 0 Å². The Morgan fingerprint density at radius 1 is 1.14 bits per heavy atom. The predicted octanol–water partition coefficient (Wildman–Crippen LogP) is 2.75. The van der Waals surface area contributed by atoms with Crippen LogP contribution < -0.4 is 5.32 Å². The summed E-state index contributed by atoms with van der Waals surface area (Å²) in [6.07, 6.45) is 2.90. The molecule has 2 N–H and O–H groups in total. The zero-order valence-electron chi connectivity index (χ0n) is 12.3. The molecular formula is C18H19NO3. The number of nitrogens with one attached hydrogen (secondary N) is 1. The third-order valence-corrected chi connectivity index (χ3v) is 4.08. The topological polar surface area (TPSA) is 66.4 Å². The number of carboxylic acid groups (broad SMARTS) is 1. The molecule has 4 nitrogen and oxygen atoms in total. The third-order valence-electron chi connectivity index (χ3n) is 4.08. The quantitative estimate of drug-likeness (QED) is 0.861. The molecule has 0 saturated heterocycles. The first-order valence-electron chi connectivity index (χ1n) is 7.61. The highest BCUT2D eigenvalue weighted by molar-refractivity contribution is 5.87. The van der Waals surface area contributed by atoms with Crippen LogP contribution in [-0.4, -0.2) is 23.0 Å². The molecule has 0 unspecified atom stereocenters. The number of carboxylic acids is 1. The van der Waals surface area contributed by atoms with E-state index in [1.54, 1.807) is 0 Å². The van der Waals surface area contributed by atoms with E-state index in [1.807, 2.05) is 42.5 Å². The summed E-state index contributed by atoms with van der Waals surface area (Å²) < 4.78 is 0. The van der Waals surface area contributed by atoms with E-state index in [-0.39, 0.29) is 12.3 Å². The summed E-state index contributed by atoms with van der Waals surface area (Å²) in [6, 6.07) is 13.1. The van der Waals surface area contributed by atoms with Crippen molar-refractivity contribution in [2.75, 3.05) is 0 Å². The molecule has 114 valence electrons. The minimum Gasteiger partial charge on any atom is -0.480 e. The van der Waals surface area contributed by atoms with Gasteiger partial charge in [0.1, 0.15) is 6.04 Å².